The lowest BCUT2D eigenvalue weighted by molar-refractivity contribution is 0.460. The number of fused-ring (bicyclic) bond motifs is 3. The summed E-state index contributed by atoms with van der Waals surface area (Å²) >= 11 is 0. The van der Waals surface area contributed by atoms with Crippen molar-refractivity contribution < 1.29 is 13.5 Å². The average Bonchev–Trinajstić information content (AvgIpc) is 3.50. The Bertz CT molecular complexity index is 2110. The summed E-state index contributed by atoms with van der Waals surface area (Å²) in [6, 6.07) is 35.1. The summed E-state index contributed by atoms with van der Waals surface area (Å²) < 4.78 is 29.2. The topological polar surface area (TPSA) is 88.0 Å². The van der Waals surface area contributed by atoms with Crippen molar-refractivity contribution in [2.45, 2.75) is 4.90 Å². The number of aromatic hydroxyl groups is 1. The van der Waals surface area contributed by atoms with Gasteiger partial charge in [-0.15, -0.1) is 0 Å². The van der Waals surface area contributed by atoms with Gasteiger partial charge in [-0.3, -0.25) is 0 Å². The second-order valence-corrected chi connectivity index (χ2v) is 11.0. The number of aromatic amines is 1. The molecule has 0 aliphatic carbocycles. The molecule has 7 aromatic rings. The highest BCUT2D eigenvalue weighted by molar-refractivity contribution is 7.90. The van der Waals surface area contributed by atoms with Crippen molar-refractivity contribution in [2.75, 3.05) is 0 Å². The minimum Gasteiger partial charge on any atom is -0.494 e. The van der Waals surface area contributed by atoms with Gasteiger partial charge in [0.1, 0.15) is 0 Å². The molecule has 184 valence electrons. The number of H-pyrrole nitrogens is 1. The molecule has 2 N–H and O–H groups in total. The first kappa shape index (κ1) is 22.3. The third-order valence-corrected chi connectivity index (χ3v) is 8.62. The largest absolute Gasteiger partial charge is 0.494 e. The first-order chi connectivity index (χ1) is 18.5. The Kier molecular flexibility index (Phi) is 4.89. The van der Waals surface area contributed by atoms with Crippen molar-refractivity contribution in [2.24, 2.45) is 0 Å². The van der Waals surface area contributed by atoms with Crippen LogP contribution in [0.1, 0.15) is 0 Å². The van der Waals surface area contributed by atoms with Crippen LogP contribution in [0.5, 0.6) is 5.88 Å². The second kappa shape index (κ2) is 8.33. The minimum atomic E-state index is -3.89. The summed E-state index contributed by atoms with van der Waals surface area (Å²) in [6.45, 7) is 0. The van der Waals surface area contributed by atoms with Gasteiger partial charge in [-0.1, -0.05) is 66.7 Å². The number of hydrogen-bond donors (Lipinski definition) is 2. The van der Waals surface area contributed by atoms with Crippen molar-refractivity contribution in [1.82, 2.24) is 13.9 Å². The van der Waals surface area contributed by atoms with Crippen molar-refractivity contribution in [3.8, 4) is 28.4 Å². The van der Waals surface area contributed by atoms with Crippen LogP contribution in [0.3, 0.4) is 0 Å². The van der Waals surface area contributed by atoms with E-state index in [0.29, 0.717) is 28.0 Å². The van der Waals surface area contributed by atoms with Gasteiger partial charge < -0.3 is 10.1 Å². The molecule has 3 aromatic heterocycles. The van der Waals surface area contributed by atoms with Gasteiger partial charge in [0.05, 0.1) is 32.9 Å². The molecule has 7 rings (SSSR count). The van der Waals surface area contributed by atoms with E-state index in [0.717, 1.165) is 27.2 Å². The SMILES string of the molecule is O=S(=O)(c1ccccc1)n1c(-c2ccc3[nH]c(O)c(-c4ccc5ccccc5n4)c3c2)cc2ccccc21. The lowest BCUT2D eigenvalue weighted by Crippen LogP contribution is -2.14. The molecule has 0 aliphatic heterocycles. The average molecular weight is 516 g/mol. The Morgan fingerprint density at radius 3 is 2.32 bits per heavy atom. The van der Waals surface area contributed by atoms with E-state index in [1.54, 1.807) is 30.3 Å². The maximum atomic E-state index is 13.9. The normalized spacial score (nSPS) is 12.0. The molecule has 0 bridgehead atoms. The Balaban J connectivity index is 1.48. The highest BCUT2D eigenvalue weighted by Gasteiger charge is 2.24. The fraction of sp³-hybridized carbons (Fsp3) is 0. The third-order valence-electron chi connectivity index (χ3n) is 6.88. The molecule has 7 heteroatoms. The van der Waals surface area contributed by atoms with Crippen LogP contribution in [-0.4, -0.2) is 27.5 Å². The zero-order valence-electron chi connectivity index (χ0n) is 20.0. The van der Waals surface area contributed by atoms with Crippen LogP contribution >= 0.6 is 0 Å². The number of hydrogen-bond acceptors (Lipinski definition) is 4. The zero-order valence-corrected chi connectivity index (χ0v) is 20.9. The van der Waals surface area contributed by atoms with E-state index in [1.165, 1.54) is 3.97 Å². The van der Waals surface area contributed by atoms with Crippen molar-refractivity contribution >= 4 is 42.7 Å². The summed E-state index contributed by atoms with van der Waals surface area (Å²) in [4.78, 5) is 8.03. The quantitative estimate of drug-likeness (QED) is 0.266. The Morgan fingerprint density at radius 2 is 1.47 bits per heavy atom. The van der Waals surface area contributed by atoms with Gasteiger partial charge in [-0.25, -0.2) is 17.4 Å². The highest BCUT2D eigenvalue weighted by Crippen LogP contribution is 2.40. The van der Waals surface area contributed by atoms with Gasteiger partial charge in [-0.2, -0.15) is 0 Å². The van der Waals surface area contributed by atoms with E-state index < -0.39 is 10.0 Å². The molecule has 0 amide bonds. The van der Waals surface area contributed by atoms with E-state index in [9.17, 15) is 13.5 Å². The zero-order chi connectivity index (χ0) is 25.9. The fourth-order valence-corrected chi connectivity index (χ4v) is 6.64. The summed E-state index contributed by atoms with van der Waals surface area (Å²) in [7, 11) is -3.89. The van der Waals surface area contributed by atoms with Gasteiger partial charge in [0.2, 0.25) is 0 Å². The first-order valence-electron chi connectivity index (χ1n) is 12.1. The predicted molar refractivity (Wildman–Crippen MR) is 151 cm³/mol. The van der Waals surface area contributed by atoms with Gasteiger partial charge in [0.25, 0.3) is 10.0 Å². The summed E-state index contributed by atoms with van der Waals surface area (Å²) in [5.74, 6) is 0.0115. The van der Waals surface area contributed by atoms with Crippen LogP contribution in [0.25, 0.3) is 55.2 Å². The molecule has 0 saturated heterocycles. The number of rotatable bonds is 4. The van der Waals surface area contributed by atoms with Crippen LogP contribution in [0.4, 0.5) is 0 Å². The summed E-state index contributed by atoms with van der Waals surface area (Å²) in [5.41, 5.74) is 4.58. The van der Waals surface area contributed by atoms with Crippen LogP contribution in [-0.2, 0) is 10.0 Å². The Morgan fingerprint density at radius 1 is 0.737 bits per heavy atom. The lowest BCUT2D eigenvalue weighted by atomic mass is 10.0. The molecule has 0 unspecified atom stereocenters. The van der Waals surface area contributed by atoms with Gasteiger partial charge in [0, 0.05) is 27.2 Å². The van der Waals surface area contributed by atoms with Crippen LogP contribution < -0.4 is 0 Å². The summed E-state index contributed by atoms with van der Waals surface area (Å²) in [5, 5.41) is 13.4. The van der Waals surface area contributed by atoms with Crippen LogP contribution in [0, 0.1) is 0 Å². The maximum absolute atomic E-state index is 13.9. The number of para-hydroxylation sites is 2. The van der Waals surface area contributed by atoms with E-state index in [1.807, 2.05) is 84.9 Å². The molecule has 38 heavy (non-hydrogen) atoms. The monoisotopic (exact) mass is 515 g/mol. The number of benzene rings is 4. The van der Waals surface area contributed by atoms with Gasteiger partial charge in [0.15, 0.2) is 5.88 Å². The van der Waals surface area contributed by atoms with Crippen molar-refractivity contribution in [1.29, 1.82) is 0 Å². The first-order valence-corrected chi connectivity index (χ1v) is 13.6. The molecular weight excluding hydrogens is 494 g/mol. The third kappa shape index (κ3) is 3.40. The number of nitrogens with one attached hydrogen (secondary N) is 1. The van der Waals surface area contributed by atoms with E-state index in [4.69, 9.17) is 4.98 Å². The minimum absolute atomic E-state index is 0.0115. The molecule has 0 fully saturated rings. The van der Waals surface area contributed by atoms with E-state index >= 15 is 0 Å². The molecule has 4 aromatic carbocycles. The smallest absolute Gasteiger partial charge is 0.268 e. The molecule has 3 heterocycles. The number of pyridine rings is 1. The summed E-state index contributed by atoms with van der Waals surface area (Å²) in [6.07, 6.45) is 0. The molecular formula is C31H21N3O3S. The van der Waals surface area contributed by atoms with Gasteiger partial charge >= 0.3 is 0 Å². The predicted octanol–water partition coefficient (Wildman–Crippen LogP) is 6.95. The molecule has 0 aliphatic rings. The van der Waals surface area contributed by atoms with Crippen LogP contribution in [0.15, 0.2) is 120 Å². The Labute approximate surface area is 218 Å². The lowest BCUT2D eigenvalue weighted by Gasteiger charge is -2.12. The van der Waals surface area contributed by atoms with E-state index in [2.05, 4.69) is 4.98 Å². The molecule has 6 nitrogen and oxygen atoms in total. The highest BCUT2D eigenvalue weighted by atomic mass is 32.2. The van der Waals surface area contributed by atoms with Crippen LogP contribution in [0.2, 0.25) is 0 Å². The number of aromatic nitrogens is 3. The maximum Gasteiger partial charge on any atom is 0.268 e. The van der Waals surface area contributed by atoms with E-state index in [-0.39, 0.29) is 10.8 Å². The molecule has 0 radical (unpaired) electrons. The van der Waals surface area contributed by atoms with Crippen molar-refractivity contribution in [3.05, 3.63) is 115 Å². The standard InChI is InChI=1S/C31H21N3O3S/c35-31-30(27-17-14-20-8-4-6-12-25(20)32-27)24-18-22(15-16-26(24)33-31)29-19-21-9-5-7-13-28(21)34(29)38(36,37)23-10-2-1-3-11-23/h1-19,33,35H. The molecule has 0 saturated carbocycles. The Hall–Kier alpha value is -4.88. The van der Waals surface area contributed by atoms with Crippen molar-refractivity contribution in [3.63, 3.8) is 0 Å². The number of nitrogens with zero attached hydrogens (tertiary/aromatic N) is 2. The second-order valence-electron chi connectivity index (χ2n) is 9.17. The molecule has 0 spiro atoms. The fourth-order valence-electron chi connectivity index (χ4n) is 5.09. The van der Waals surface area contributed by atoms with Gasteiger partial charge in [-0.05, 0) is 48.5 Å². The molecule has 0 atom stereocenters.